The lowest BCUT2D eigenvalue weighted by molar-refractivity contribution is -0.139. The molecule has 0 heterocycles. The summed E-state index contributed by atoms with van der Waals surface area (Å²) in [6.07, 6.45) is 13.2. The molecule has 0 aromatic carbocycles. The number of allylic oxidation sites excluding steroid dienone is 2. The van der Waals surface area contributed by atoms with Gasteiger partial charge in [0.2, 0.25) is 0 Å². The van der Waals surface area contributed by atoms with Crippen molar-refractivity contribution in [1.29, 1.82) is 0 Å². The number of carbonyl (C=O) groups excluding carboxylic acids is 1. The van der Waals surface area contributed by atoms with Gasteiger partial charge >= 0.3 is 5.97 Å². The minimum absolute atomic E-state index is 0.218. The average Bonchev–Trinajstić information content (AvgIpc) is 2.20. The quantitative estimate of drug-likeness (QED) is 0.330. The Morgan fingerprint density at radius 2 is 1.80 bits per heavy atom. The van der Waals surface area contributed by atoms with E-state index >= 15 is 0 Å². The van der Waals surface area contributed by atoms with Crippen LogP contribution in [0.1, 0.15) is 45.4 Å². The smallest absolute Gasteiger partial charge is 0.302 e. The molecule has 0 aromatic rings. The number of unbranched alkanes of at least 4 members (excludes halogenated alkanes) is 5. The Labute approximate surface area is 93.0 Å². The van der Waals surface area contributed by atoms with Crippen molar-refractivity contribution in [2.45, 2.75) is 45.4 Å². The van der Waals surface area contributed by atoms with Crippen molar-refractivity contribution in [3.8, 4) is 0 Å². The zero-order chi connectivity index (χ0) is 11.4. The number of rotatable bonds is 9. The van der Waals surface area contributed by atoms with Crippen LogP contribution in [0.2, 0.25) is 0 Å². The predicted octanol–water partition coefficient (Wildman–Crippen LogP) is 3.63. The summed E-state index contributed by atoms with van der Waals surface area (Å²) >= 11 is 0. The normalized spacial score (nSPS) is 10.5. The molecule has 86 valence electrons. The second-order valence-corrected chi connectivity index (χ2v) is 3.55. The zero-order valence-electron chi connectivity index (χ0n) is 9.71. The number of hydrogen-bond donors (Lipinski definition) is 0. The summed E-state index contributed by atoms with van der Waals surface area (Å²) in [7, 11) is 0. The fraction of sp³-hybridized carbons (Fsp3) is 0.615. The summed E-state index contributed by atoms with van der Waals surface area (Å²) in [5.74, 6) is -0.218. The van der Waals surface area contributed by atoms with Gasteiger partial charge in [-0.3, -0.25) is 4.79 Å². The third kappa shape index (κ3) is 12.9. The first-order valence-electron chi connectivity index (χ1n) is 5.66. The zero-order valence-corrected chi connectivity index (χ0v) is 9.71. The average molecular weight is 210 g/mol. The summed E-state index contributed by atoms with van der Waals surface area (Å²) < 4.78 is 4.76. The van der Waals surface area contributed by atoms with E-state index in [1.54, 1.807) is 0 Å². The molecule has 0 aliphatic heterocycles. The Kier molecular flexibility index (Phi) is 10.3. The van der Waals surface area contributed by atoms with Crippen molar-refractivity contribution >= 4 is 5.97 Å². The molecular weight excluding hydrogens is 188 g/mol. The van der Waals surface area contributed by atoms with Gasteiger partial charge in [0, 0.05) is 6.92 Å². The summed E-state index contributed by atoms with van der Waals surface area (Å²) in [4.78, 5) is 10.4. The van der Waals surface area contributed by atoms with Crippen molar-refractivity contribution in [2.24, 2.45) is 0 Å². The molecule has 0 bridgehead atoms. The van der Waals surface area contributed by atoms with Crippen molar-refractivity contribution in [3.63, 3.8) is 0 Å². The van der Waals surface area contributed by atoms with Crippen LogP contribution in [-0.2, 0) is 9.53 Å². The van der Waals surface area contributed by atoms with E-state index in [9.17, 15) is 4.79 Å². The topological polar surface area (TPSA) is 26.3 Å². The number of ether oxygens (including phenoxy) is 1. The first kappa shape index (κ1) is 13.9. The molecule has 0 saturated heterocycles. The molecule has 0 fully saturated rings. The van der Waals surface area contributed by atoms with Crippen LogP contribution in [0.3, 0.4) is 0 Å². The van der Waals surface area contributed by atoms with Crippen LogP contribution < -0.4 is 0 Å². The van der Waals surface area contributed by atoms with E-state index in [0.717, 1.165) is 12.8 Å². The van der Waals surface area contributed by atoms with Crippen LogP contribution in [0, 0.1) is 0 Å². The minimum Gasteiger partial charge on any atom is -0.462 e. The Morgan fingerprint density at radius 3 is 2.40 bits per heavy atom. The number of esters is 1. The summed E-state index contributed by atoms with van der Waals surface area (Å²) in [6, 6.07) is 0. The molecule has 0 atom stereocenters. The third-order valence-electron chi connectivity index (χ3n) is 2.08. The Hall–Kier alpha value is -1.05. The molecule has 0 saturated carbocycles. The molecular formula is C13H22O2. The highest BCUT2D eigenvalue weighted by molar-refractivity contribution is 5.65. The maximum atomic E-state index is 10.4. The van der Waals surface area contributed by atoms with Gasteiger partial charge in [0.15, 0.2) is 0 Å². The molecule has 2 nitrogen and oxygen atoms in total. The number of hydrogen-bond acceptors (Lipinski definition) is 2. The van der Waals surface area contributed by atoms with Gasteiger partial charge in [-0.25, -0.2) is 0 Å². The van der Waals surface area contributed by atoms with E-state index < -0.39 is 0 Å². The molecule has 0 aliphatic rings. The second kappa shape index (κ2) is 11.0. The molecule has 0 unspecified atom stereocenters. The molecule has 0 aromatic heterocycles. The van der Waals surface area contributed by atoms with Crippen molar-refractivity contribution in [3.05, 3.63) is 24.8 Å². The highest BCUT2D eigenvalue weighted by Gasteiger charge is 1.88. The fourth-order valence-corrected chi connectivity index (χ4v) is 1.26. The van der Waals surface area contributed by atoms with Gasteiger partial charge in [-0.05, 0) is 25.7 Å². The maximum absolute atomic E-state index is 10.4. The van der Waals surface area contributed by atoms with Crippen molar-refractivity contribution in [1.82, 2.24) is 0 Å². The van der Waals surface area contributed by atoms with E-state index in [0.29, 0.717) is 6.61 Å². The van der Waals surface area contributed by atoms with Crippen LogP contribution in [0.25, 0.3) is 0 Å². The first-order chi connectivity index (χ1) is 7.27. The summed E-state index contributed by atoms with van der Waals surface area (Å²) in [5, 5.41) is 0. The molecule has 2 heteroatoms. The van der Waals surface area contributed by atoms with Crippen LogP contribution in [0.15, 0.2) is 24.8 Å². The van der Waals surface area contributed by atoms with Crippen LogP contribution >= 0.6 is 0 Å². The van der Waals surface area contributed by atoms with Crippen molar-refractivity contribution < 1.29 is 9.53 Å². The van der Waals surface area contributed by atoms with Gasteiger partial charge in [-0.15, -0.1) is 6.58 Å². The summed E-state index contributed by atoms with van der Waals surface area (Å²) in [5.41, 5.74) is 0. The van der Waals surface area contributed by atoms with E-state index in [-0.39, 0.29) is 5.97 Å². The molecule has 0 radical (unpaired) electrons. The predicted molar refractivity (Wildman–Crippen MR) is 63.7 cm³/mol. The Balaban J connectivity index is 3.09. The lowest BCUT2D eigenvalue weighted by Gasteiger charge is -1.97. The fourth-order valence-electron chi connectivity index (χ4n) is 1.26. The molecule has 0 rings (SSSR count). The standard InChI is InChI=1S/C13H22O2/c1-3-4-5-6-7-8-9-10-11-12-15-13(2)14/h3,10-11H,1,4-9,12H2,2H3/b11-10+. The van der Waals surface area contributed by atoms with Crippen LogP contribution in [0.4, 0.5) is 0 Å². The molecule has 0 spiro atoms. The van der Waals surface area contributed by atoms with E-state index in [2.05, 4.69) is 12.7 Å². The Bertz CT molecular complexity index is 195. The van der Waals surface area contributed by atoms with E-state index in [1.165, 1.54) is 32.6 Å². The highest BCUT2D eigenvalue weighted by Crippen LogP contribution is 2.05. The minimum atomic E-state index is -0.218. The van der Waals surface area contributed by atoms with Gasteiger partial charge in [0.1, 0.15) is 6.61 Å². The number of carbonyl (C=O) groups is 1. The van der Waals surface area contributed by atoms with Gasteiger partial charge in [0.05, 0.1) is 0 Å². The lowest BCUT2D eigenvalue weighted by Crippen LogP contribution is -1.97. The van der Waals surface area contributed by atoms with E-state index in [4.69, 9.17) is 4.74 Å². The van der Waals surface area contributed by atoms with Gasteiger partial charge in [0.25, 0.3) is 0 Å². The Morgan fingerprint density at radius 1 is 1.13 bits per heavy atom. The lowest BCUT2D eigenvalue weighted by atomic mass is 10.1. The molecule has 15 heavy (non-hydrogen) atoms. The summed E-state index contributed by atoms with van der Waals surface area (Å²) in [6.45, 7) is 5.52. The monoisotopic (exact) mass is 210 g/mol. The van der Waals surface area contributed by atoms with Gasteiger partial charge in [-0.1, -0.05) is 31.1 Å². The van der Waals surface area contributed by atoms with Crippen LogP contribution in [0.5, 0.6) is 0 Å². The highest BCUT2D eigenvalue weighted by atomic mass is 16.5. The third-order valence-corrected chi connectivity index (χ3v) is 2.08. The van der Waals surface area contributed by atoms with Gasteiger partial charge in [-0.2, -0.15) is 0 Å². The van der Waals surface area contributed by atoms with E-state index in [1.807, 2.05) is 12.2 Å². The SMILES string of the molecule is C=CCCCCCC/C=C/COC(C)=O. The largest absolute Gasteiger partial charge is 0.462 e. The second-order valence-electron chi connectivity index (χ2n) is 3.55. The molecule has 0 amide bonds. The van der Waals surface area contributed by atoms with Crippen LogP contribution in [-0.4, -0.2) is 12.6 Å². The molecule has 0 aliphatic carbocycles. The molecule has 0 N–H and O–H groups in total. The van der Waals surface area contributed by atoms with Crippen molar-refractivity contribution in [2.75, 3.05) is 6.61 Å². The first-order valence-corrected chi connectivity index (χ1v) is 5.66. The maximum Gasteiger partial charge on any atom is 0.302 e. The van der Waals surface area contributed by atoms with Gasteiger partial charge < -0.3 is 4.74 Å².